The number of aliphatic hydroxyl groups is 1. The lowest BCUT2D eigenvalue weighted by atomic mass is 10.2. The van der Waals surface area contributed by atoms with E-state index in [1.807, 2.05) is 0 Å². The first-order chi connectivity index (χ1) is 6.31. The summed E-state index contributed by atoms with van der Waals surface area (Å²) in [7, 11) is 0. The molecule has 1 N–H and O–H groups in total. The molecule has 0 saturated carbocycles. The molecule has 2 nitrogen and oxygen atoms in total. The fraction of sp³-hybridized carbons (Fsp3) is 1.00. The lowest BCUT2D eigenvalue weighted by Crippen LogP contribution is -2.17. The molecule has 0 saturated heterocycles. The van der Waals surface area contributed by atoms with Crippen molar-refractivity contribution < 1.29 is 23.0 Å². The summed E-state index contributed by atoms with van der Waals surface area (Å²) in [6.07, 6.45) is -5.15. The monoisotopic (exact) mass is 214 g/mol. The van der Waals surface area contributed by atoms with Crippen LogP contribution in [0.15, 0.2) is 0 Å². The van der Waals surface area contributed by atoms with Gasteiger partial charge in [0.05, 0.1) is 12.2 Å². The Hall–Kier alpha value is -0.290. The molecule has 0 heterocycles. The van der Waals surface area contributed by atoms with Crippen molar-refractivity contribution >= 4 is 0 Å². The number of aliphatic hydroxyl groups excluding tert-OH is 1. The molecule has 0 aliphatic rings. The van der Waals surface area contributed by atoms with Crippen molar-refractivity contribution in [1.29, 1.82) is 0 Å². The number of hydrogen-bond donors (Lipinski definition) is 1. The van der Waals surface area contributed by atoms with Crippen LogP contribution < -0.4 is 0 Å². The van der Waals surface area contributed by atoms with Crippen molar-refractivity contribution in [3.8, 4) is 0 Å². The van der Waals surface area contributed by atoms with Gasteiger partial charge in [0.25, 0.3) is 0 Å². The molecule has 0 aromatic carbocycles. The van der Waals surface area contributed by atoms with Crippen molar-refractivity contribution in [2.24, 2.45) is 0 Å². The van der Waals surface area contributed by atoms with Crippen LogP contribution in [0.5, 0.6) is 0 Å². The van der Waals surface area contributed by atoms with Crippen LogP contribution in [0.3, 0.4) is 0 Å². The van der Waals surface area contributed by atoms with Gasteiger partial charge in [-0.15, -0.1) is 0 Å². The third-order valence-electron chi connectivity index (χ3n) is 1.68. The van der Waals surface area contributed by atoms with Gasteiger partial charge in [-0.25, -0.2) is 0 Å². The van der Waals surface area contributed by atoms with Crippen molar-refractivity contribution in [2.75, 3.05) is 6.61 Å². The van der Waals surface area contributed by atoms with Gasteiger partial charge in [-0.3, -0.25) is 0 Å². The van der Waals surface area contributed by atoms with Crippen LogP contribution in [0.4, 0.5) is 13.2 Å². The fourth-order valence-electron chi connectivity index (χ4n) is 1.11. The molecule has 5 heteroatoms. The maximum absolute atomic E-state index is 11.7. The highest BCUT2D eigenvalue weighted by Crippen LogP contribution is 2.21. The molecule has 0 aromatic rings. The molecular weight excluding hydrogens is 197 g/mol. The van der Waals surface area contributed by atoms with Crippen LogP contribution in [-0.4, -0.2) is 30.1 Å². The second-order valence-corrected chi connectivity index (χ2v) is 3.48. The van der Waals surface area contributed by atoms with Crippen molar-refractivity contribution in [2.45, 2.75) is 51.5 Å². The van der Waals surface area contributed by atoms with Gasteiger partial charge in [0.15, 0.2) is 0 Å². The Labute approximate surface area is 82.1 Å². The highest BCUT2D eigenvalue weighted by Gasteiger charge is 2.26. The van der Waals surface area contributed by atoms with Crippen molar-refractivity contribution in [1.82, 2.24) is 0 Å². The molecule has 14 heavy (non-hydrogen) atoms. The second-order valence-electron chi connectivity index (χ2n) is 3.48. The first kappa shape index (κ1) is 13.7. The van der Waals surface area contributed by atoms with Gasteiger partial charge in [0, 0.05) is 13.0 Å². The molecule has 86 valence electrons. The Bertz CT molecular complexity index is 145. The Morgan fingerprint density at radius 2 is 1.86 bits per heavy atom. The van der Waals surface area contributed by atoms with E-state index in [1.54, 1.807) is 13.8 Å². The zero-order valence-electron chi connectivity index (χ0n) is 8.47. The lowest BCUT2D eigenvalue weighted by molar-refractivity contribution is -0.139. The third-order valence-corrected chi connectivity index (χ3v) is 1.68. The van der Waals surface area contributed by atoms with Crippen LogP contribution >= 0.6 is 0 Å². The summed E-state index contributed by atoms with van der Waals surface area (Å²) in [4.78, 5) is 0. The van der Waals surface area contributed by atoms with Gasteiger partial charge >= 0.3 is 6.18 Å². The van der Waals surface area contributed by atoms with E-state index in [0.717, 1.165) is 0 Å². The van der Waals surface area contributed by atoms with Crippen molar-refractivity contribution in [3.05, 3.63) is 0 Å². The van der Waals surface area contributed by atoms with Gasteiger partial charge in [-0.2, -0.15) is 13.2 Å². The zero-order valence-corrected chi connectivity index (χ0v) is 8.47. The van der Waals surface area contributed by atoms with E-state index in [-0.39, 0.29) is 19.1 Å². The largest absolute Gasteiger partial charge is 0.393 e. The van der Waals surface area contributed by atoms with Crippen LogP contribution in [-0.2, 0) is 4.74 Å². The van der Waals surface area contributed by atoms with Crippen LogP contribution in [0.2, 0.25) is 0 Å². The molecule has 0 aliphatic carbocycles. The summed E-state index contributed by atoms with van der Waals surface area (Å²) < 4.78 is 40.2. The minimum atomic E-state index is -4.10. The molecule has 0 spiro atoms. The Kier molecular flexibility index (Phi) is 6.11. The number of halogens is 3. The summed E-state index contributed by atoms with van der Waals surface area (Å²) in [5.41, 5.74) is 0. The van der Waals surface area contributed by atoms with Gasteiger partial charge in [-0.1, -0.05) is 0 Å². The normalized spacial score (nSPS) is 16.7. The average molecular weight is 214 g/mol. The Balaban J connectivity index is 3.36. The molecule has 2 unspecified atom stereocenters. The van der Waals surface area contributed by atoms with Gasteiger partial charge in [0.2, 0.25) is 0 Å². The third kappa shape index (κ3) is 9.80. The molecule has 0 aromatic heterocycles. The quantitative estimate of drug-likeness (QED) is 0.688. The maximum atomic E-state index is 11.7. The standard InChI is InChI=1S/C9H17F3O2/c1-7(13)6-8(2)14-5-3-4-9(10,11)12/h7-8,13H,3-6H2,1-2H3. The predicted octanol–water partition coefficient (Wildman–Crippen LogP) is 2.50. The number of hydrogen-bond acceptors (Lipinski definition) is 2. The van der Waals surface area contributed by atoms with E-state index >= 15 is 0 Å². The van der Waals surface area contributed by atoms with Crippen LogP contribution in [0, 0.1) is 0 Å². The van der Waals surface area contributed by atoms with E-state index < -0.39 is 18.7 Å². The first-order valence-corrected chi connectivity index (χ1v) is 4.67. The molecule has 0 bridgehead atoms. The van der Waals surface area contributed by atoms with E-state index in [4.69, 9.17) is 9.84 Å². The van der Waals surface area contributed by atoms with Gasteiger partial charge < -0.3 is 9.84 Å². The van der Waals surface area contributed by atoms with Crippen LogP contribution in [0.25, 0.3) is 0 Å². The maximum Gasteiger partial charge on any atom is 0.389 e. The topological polar surface area (TPSA) is 29.5 Å². The highest BCUT2D eigenvalue weighted by molar-refractivity contribution is 4.56. The molecule has 0 aliphatic heterocycles. The van der Waals surface area contributed by atoms with E-state index in [9.17, 15) is 13.2 Å². The van der Waals surface area contributed by atoms with Crippen molar-refractivity contribution in [3.63, 3.8) is 0 Å². The number of rotatable bonds is 6. The summed E-state index contributed by atoms with van der Waals surface area (Å²) >= 11 is 0. The molecule has 0 amide bonds. The molecular formula is C9H17F3O2. The lowest BCUT2D eigenvalue weighted by Gasteiger charge is -2.14. The van der Waals surface area contributed by atoms with E-state index in [1.165, 1.54) is 0 Å². The second kappa shape index (κ2) is 6.24. The van der Waals surface area contributed by atoms with E-state index in [0.29, 0.717) is 6.42 Å². The summed E-state index contributed by atoms with van der Waals surface area (Å²) in [6, 6.07) is 0. The summed E-state index contributed by atoms with van der Waals surface area (Å²) in [6.45, 7) is 3.45. The number of alkyl halides is 3. The Morgan fingerprint density at radius 1 is 1.29 bits per heavy atom. The molecule has 0 rings (SSSR count). The highest BCUT2D eigenvalue weighted by atomic mass is 19.4. The molecule has 0 fully saturated rings. The predicted molar refractivity (Wildman–Crippen MR) is 47.0 cm³/mol. The van der Waals surface area contributed by atoms with E-state index in [2.05, 4.69) is 0 Å². The summed E-state index contributed by atoms with van der Waals surface area (Å²) in [5.74, 6) is 0. The fourth-order valence-corrected chi connectivity index (χ4v) is 1.11. The first-order valence-electron chi connectivity index (χ1n) is 4.67. The molecule has 0 radical (unpaired) electrons. The zero-order chi connectivity index (χ0) is 11.2. The summed E-state index contributed by atoms with van der Waals surface area (Å²) in [5, 5.41) is 8.95. The SMILES string of the molecule is CC(O)CC(C)OCCCC(F)(F)F. The van der Waals surface area contributed by atoms with Gasteiger partial charge in [0.1, 0.15) is 0 Å². The van der Waals surface area contributed by atoms with Gasteiger partial charge in [-0.05, 0) is 26.7 Å². The number of ether oxygens (including phenoxy) is 1. The van der Waals surface area contributed by atoms with Crippen LogP contribution in [0.1, 0.15) is 33.1 Å². The average Bonchev–Trinajstić information content (AvgIpc) is 1.95. The molecule has 2 atom stereocenters. The minimum Gasteiger partial charge on any atom is -0.393 e. The smallest absolute Gasteiger partial charge is 0.389 e. The minimum absolute atomic E-state index is 0.0202. The Morgan fingerprint density at radius 3 is 2.29 bits per heavy atom.